The molecule has 108 valence electrons. The second kappa shape index (κ2) is 6.85. The molecular formula is C15H13ClN2O3. The lowest BCUT2D eigenvalue weighted by molar-refractivity contribution is -0.143. The molecule has 5 nitrogen and oxygen atoms in total. The molecule has 0 radical (unpaired) electrons. The van der Waals surface area contributed by atoms with E-state index in [1.165, 1.54) is 25.6 Å². The van der Waals surface area contributed by atoms with Gasteiger partial charge in [-0.15, -0.1) is 0 Å². The summed E-state index contributed by atoms with van der Waals surface area (Å²) in [6.45, 7) is 0. The Morgan fingerprint density at radius 2 is 1.95 bits per heavy atom. The van der Waals surface area contributed by atoms with E-state index in [0.29, 0.717) is 5.56 Å². The first-order chi connectivity index (χ1) is 10.1. The minimum atomic E-state index is -0.903. The molecule has 1 N–H and O–H groups in total. The van der Waals surface area contributed by atoms with Gasteiger partial charge in [-0.1, -0.05) is 41.9 Å². The van der Waals surface area contributed by atoms with Gasteiger partial charge in [0.05, 0.1) is 17.7 Å². The third-order valence-corrected chi connectivity index (χ3v) is 3.19. The van der Waals surface area contributed by atoms with Gasteiger partial charge in [0, 0.05) is 12.4 Å². The number of amides is 1. The Balaban J connectivity index is 2.26. The first kappa shape index (κ1) is 15.0. The second-order valence-corrected chi connectivity index (χ2v) is 4.60. The lowest BCUT2D eigenvalue weighted by Crippen LogP contribution is -2.34. The van der Waals surface area contributed by atoms with Crippen LogP contribution in [0.1, 0.15) is 22.0 Å². The van der Waals surface area contributed by atoms with Crippen molar-refractivity contribution in [2.24, 2.45) is 0 Å². The van der Waals surface area contributed by atoms with E-state index in [1.54, 1.807) is 24.3 Å². The summed E-state index contributed by atoms with van der Waals surface area (Å²) in [5.41, 5.74) is 0.821. The largest absolute Gasteiger partial charge is 0.467 e. The zero-order valence-electron chi connectivity index (χ0n) is 11.2. The quantitative estimate of drug-likeness (QED) is 0.881. The molecule has 1 atom stereocenters. The number of ether oxygens (including phenoxy) is 1. The van der Waals surface area contributed by atoms with Crippen LogP contribution in [-0.2, 0) is 9.53 Å². The van der Waals surface area contributed by atoms with E-state index in [-0.39, 0.29) is 10.6 Å². The van der Waals surface area contributed by atoms with Crippen LogP contribution in [-0.4, -0.2) is 24.0 Å². The lowest BCUT2D eigenvalue weighted by Gasteiger charge is -2.17. The van der Waals surface area contributed by atoms with Crippen LogP contribution in [0.15, 0.2) is 48.8 Å². The molecule has 0 saturated heterocycles. The fourth-order valence-corrected chi connectivity index (χ4v) is 1.99. The van der Waals surface area contributed by atoms with E-state index < -0.39 is 17.9 Å². The Kier molecular flexibility index (Phi) is 4.90. The molecule has 0 aliphatic heterocycles. The Morgan fingerprint density at radius 1 is 1.24 bits per heavy atom. The van der Waals surface area contributed by atoms with Gasteiger partial charge >= 0.3 is 5.97 Å². The van der Waals surface area contributed by atoms with Gasteiger partial charge in [-0.05, 0) is 11.6 Å². The maximum absolute atomic E-state index is 12.2. The molecule has 0 spiro atoms. The number of halogens is 1. The van der Waals surface area contributed by atoms with Crippen LogP contribution in [0.25, 0.3) is 0 Å². The average molecular weight is 305 g/mol. The smallest absolute Gasteiger partial charge is 0.333 e. The Hall–Kier alpha value is -2.40. The molecule has 0 bridgehead atoms. The predicted molar refractivity (Wildman–Crippen MR) is 77.9 cm³/mol. The lowest BCUT2D eigenvalue weighted by atomic mass is 10.1. The third kappa shape index (κ3) is 3.58. The molecule has 6 heteroatoms. The van der Waals surface area contributed by atoms with Crippen LogP contribution in [0.5, 0.6) is 0 Å². The molecule has 1 unspecified atom stereocenters. The maximum atomic E-state index is 12.2. The van der Waals surface area contributed by atoms with Crippen LogP contribution in [0.2, 0.25) is 5.02 Å². The van der Waals surface area contributed by atoms with Gasteiger partial charge in [0.1, 0.15) is 0 Å². The fraction of sp³-hybridized carbons (Fsp3) is 0.133. The van der Waals surface area contributed by atoms with Crippen LogP contribution in [0.4, 0.5) is 0 Å². The number of pyridine rings is 1. The first-order valence-corrected chi connectivity index (χ1v) is 6.54. The summed E-state index contributed by atoms with van der Waals surface area (Å²) in [6, 6.07) is 9.42. The molecule has 1 aromatic carbocycles. The van der Waals surface area contributed by atoms with Crippen molar-refractivity contribution in [1.82, 2.24) is 10.3 Å². The standard InChI is InChI=1S/C15H13ClN2O3/c1-21-15(20)13(10-5-3-2-4-6-10)18-14(19)11-9-17-8-7-12(11)16/h2-9,13H,1H3,(H,18,19). The highest BCUT2D eigenvalue weighted by atomic mass is 35.5. The van der Waals surface area contributed by atoms with Gasteiger partial charge in [-0.25, -0.2) is 4.79 Å². The molecule has 21 heavy (non-hydrogen) atoms. The van der Waals surface area contributed by atoms with E-state index in [0.717, 1.165) is 0 Å². The number of aromatic nitrogens is 1. The van der Waals surface area contributed by atoms with Crippen molar-refractivity contribution in [3.8, 4) is 0 Å². The van der Waals surface area contributed by atoms with Crippen molar-refractivity contribution in [3.63, 3.8) is 0 Å². The zero-order valence-corrected chi connectivity index (χ0v) is 12.0. The second-order valence-electron chi connectivity index (χ2n) is 4.20. The number of methoxy groups -OCH3 is 1. The minimum Gasteiger partial charge on any atom is -0.467 e. The Labute approximate surface area is 126 Å². The summed E-state index contributed by atoms with van der Waals surface area (Å²) in [5, 5.41) is 2.87. The van der Waals surface area contributed by atoms with Crippen molar-refractivity contribution >= 4 is 23.5 Å². The highest BCUT2D eigenvalue weighted by molar-refractivity contribution is 6.33. The molecule has 2 rings (SSSR count). The molecule has 2 aromatic rings. The van der Waals surface area contributed by atoms with E-state index in [4.69, 9.17) is 16.3 Å². The fourth-order valence-electron chi connectivity index (χ4n) is 1.80. The van der Waals surface area contributed by atoms with Crippen LogP contribution in [0, 0.1) is 0 Å². The van der Waals surface area contributed by atoms with E-state index in [1.807, 2.05) is 6.07 Å². The highest BCUT2D eigenvalue weighted by Gasteiger charge is 2.24. The molecule has 1 amide bonds. The topological polar surface area (TPSA) is 68.3 Å². The summed E-state index contributed by atoms with van der Waals surface area (Å²) < 4.78 is 4.73. The monoisotopic (exact) mass is 304 g/mol. The van der Waals surface area contributed by atoms with Gasteiger partial charge in [0.25, 0.3) is 5.91 Å². The van der Waals surface area contributed by atoms with Crippen molar-refractivity contribution < 1.29 is 14.3 Å². The molecular weight excluding hydrogens is 292 g/mol. The molecule has 1 aromatic heterocycles. The number of benzene rings is 1. The van der Waals surface area contributed by atoms with Gasteiger partial charge < -0.3 is 10.1 Å². The number of esters is 1. The molecule has 0 aliphatic rings. The Morgan fingerprint density at radius 3 is 2.57 bits per heavy atom. The summed E-state index contributed by atoms with van der Waals surface area (Å²) in [6.07, 6.45) is 2.82. The number of nitrogens with zero attached hydrogens (tertiary/aromatic N) is 1. The van der Waals surface area contributed by atoms with E-state index >= 15 is 0 Å². The van der Waals surface area contributed by atoms with Crippen molar-refractivity contribution in [1.29, 1.82) is 0 Å². The number of carbonyl (C=O) groups is 2. The number of rotatable bonds is 4. The number of nitrogens with one attached hydrogen (secondary N) is 1. The van der Waals surface area contributed by atoms with Crippen LogP contribution >= 0.6 is 11.6 Å². The van der Waals surface area contributed by atoms with Crippen LogP contribution < -0.4 is 5.32 Å². The summed E-state index contributed by atoms with van der Waals surface area (Å²) in [5.74, 6) is -1.05. The van der Waals surface area contributed by atoms with E-state index in [9.17, 15) is 9.59 Å². The average Bonchev–Trinajstić information content (AvgIpc) is 2.53. The number of hydrogen-bond donors (Lipinski definition) is 1. The minimum absolute atomic E-state index is 0.198. The molecule has 0 fully saturated rings. The van der Waals surface area contributed by atoms with E-state index in [2.05, 4.69) is 10.3 Å². The van der Waals surface area contributed by atoms with Crippen molar-refractivity contribution in [2.75, 3.05) is 7.11 Å². The first-order valence-electron chi connectivity index (χ1n) is 6.16. The number of carbonyl (C=O) groups excluding carboxylic acids is 2. The summed E-state index contributed by atoms with van der Waals surface area (Å²) >= 11 is 5.95. The SMILES string of the molecule is COC(=O)C(NC(=O)c1cnccc1Cl)c1ccccc1. The van der Waals surface area contributed by atoms with Gasteiger partial charge in [-0.3, -0.25) is 9.78 Å². The van der Waals surface area contributed by atoms with Gasteiger partial charge in [-0.2, -0.15) is 0 Å². The molecule has 0 aliphatic carbocycles. The zero-order chi connectivity index (χ0) is 15.2. The highest BCUT2D eigenvalue weighted by Crippen LogP contribution is 2.18. The predicted octanol–water partition coefficient (Wildman–Crippen LogP) is 2.38. The number of hydrogen-bond acceptors (Lipinski definition) is 4. The van der Waals surface area contributed by atoms with Crippen LogP contribution in [0.3, 0.4) is 0 Å². The molecule has 0 saturated carbocycles. The third-order valence-electron chi connectivity index (χ3n) is 2.86. The molecule has 1 heterocycles. The van der Waals surface area contributed by atoms with Gasteiger partial charge in [0.15, 0.2) is 6.04 Å². The van der Waals surface area contributed by atoms with Gasteiger partial charge in [0.2, 0.25) is 0 Å². The maximum Gasteiger partial charge on any atom is 0.333 e. The Bertz CT molecular complexity index is 646. The normalized spacial score (nSPS) is 11.5. The van der Waals surface area contributed by atoms with Crippen molar-refractivity contribution in [2.45, 2.75) is 6.04 Å². The summed E-state index contributed by atoms with van der Waals surface area (Å²) in [4.78, 5) is 28.0. The van der Waals surface area contributed by atoms with Crippen molar-refractivity contribution in [3.05, 3.63) is 64.9 Å². The summed E-state index contributed by atoms with van der Waals surface area (Å²) in [7, 11) is 1.27.